The molecule has 0 aromatic rings. The van der Waals surface area contributed by atoms with E-state index in [0.29, 0.717) is 5.76 Å². The maximum atomic E-state index is 12.8. The lowest BCUT2D eigenvalue weighted by Crippen LogP contribution is -2.42. The molecule has 1 rings (SSSR count). The second kappa shape index (κ2) is 7.82. The van der Waals surface area contributed by atoms with Crippen molar-refractivity contribution in [2.45, 2.75) is 40.2 Å². The Morgan fingerprint density at radius 2 is 1.82 bits per heavy atom. The van der Waals surface area contributed by atoms with Gasteiger partial charge in [-0.05, 0) is 34.6 Å². The third-order valence-corrected chi connectivity index (χ3v) is 6.07. The van der Waals surface area contributed by atoms with Gasteiger partial charge in [-0.1, -0.05) is 11.6 Å². The summed E-state index contributed by atoms with van der Waals surface area (Å²) in [5.41, 5.74) is -1.13. The third kappa shape index (κ3) is 4.25. The smallest absolute Gasteiger partial charge is 0.334 e. The fourth-order valence-corrected chi connectivity index (χ4v) is 4.96. The van der Waals surface area contributed by atoms with Gasteiger partial charge >= 0.3 is 13.6 Å². The van der Waals surface area contributed by atoms with Crippen LogP contribution in [-0.2, 0) is 27.9 Å². The molecule has 2 unspecified atom stereocenters. The largest absolute Gasteiger partial charge is 0.489 e. The van der Waals surface area contributed by atoms with E-state index >= 15 is 0 Å². The van der Waals surface area contributed by atoms with E-state index < -0.39 is 25.1 Å². The van der Waals surface area contributed by atoms with Crippen LogP contribution in [0.4, 0.5) is 0 Å². The van der Waals surface area contributed by atoms with Gasteiger partial charge in [-0.3, -0.25) is 9.36 Å². The first-order chi connectivity index (χ1) is 10.2. The highest BCUT2D eigenvalue weighted by atomic mass is 35.5. The van der Waals surface area contributed by atoms with E-state index in [0.717, 1.165) is 0 Å². The van der Waals surface area contributed by atoms with Crippen LogP contribution in [0.15, 0.2) is 10.8 Å². The number of hydrogen-bond donors (Lipinski definition) is 0. The highest BCUT2D eigenvalue weighted by Crippen LogP contribution is 2.55. The lowest BCUT2D eigenvalue weighted by molar-refractivity contribution is -0.151. The van der Waals surface area contributed by atoms with Crippen molar-refractivity contribution >= 4 is 25.2 Å². The van der Waals surface area contributed by atoms with Gasteiger partial charge in [0.2, 0.25) is 0 Å². The maximum absolute atomic E-state index is 12.8. The minimum absolute atomic E-state index is 0.0846. The molecule has 0 amide bonds. The molecule has 0 saturated carbocycles. The summed E-state index contributed by atoms with van der Waals surface area (Å²) in [6.45, 7) is 9.18. The number of esters is 1. The van der Waals surface area contributed by atoms with E-state index in [2.05, 4.69) is 0 Å². The van der Waals surface area contributed by atoms with Crippen molar-refractivity contribution in [1.29, 1.82) is 0 Å². The molecule has 1 aliphatic heterocycles. The van der Waals surface area contributed by atoms with Crippen LogP contribution in [0.3, 0.4) is 0 Å². The van der Waals surface area contributed by atoms with Gasteiger partial charge in [0.25, 0.3) is 0 Å². The first-order valence-corrected chi connectivity index (χ1v) is 9.43. The Bertz CT molecular complexity index is 482. The standard InChI is InChI=1S/C14H24ClO6P/c1-6-18-13(16)11-12(15)10(4)21-14(11,5)9-22(17,19-7-2)20-8-3/h11H,6-9H2,1-5H3. The molecule has 128 valence electrons. The zero-order valence-corrected chi connectivity index (χ0v) is 15.3. The van der Waals surface area contributed by atoms with Gasteiger partial charge in [-0.15, -0.1) is 0 Å². The van der Waals surface area contributed by atoms with Crippen LogP contribution in [0.2, 0.25) is 0 Å². The van der Waals surface area contributed by atoms with Crippen LogP contribution in [0.25, 0.3) is 0 Å². The van der Waals surface area contributed by atoms with Crippen LogP contribution >= 0.6 is 19.2 Å². The Labute approximate surface area is 136 Å². The van der Waals surface area contributed by atoms with Gasteiger partial charge in [0, 0.05) is 0 Å². The molecular formula is C14H24ClO6P. The lowest BCUT2D eigenvalue weighted by Gasteiger charge is -2.32. The minimum Gasteiger partial charge on any atom is -0.489 e. The summed E-state index contributed by atoms with van der Waals surface area (Å²) < 4.78 is 34.2. The first-order valence-electron chi connectivity index (χ1n) is 7.33. The summed E-state index contributed by atoms with van der Waals surface area (Å²) in [6.07, 6.45) is -0.0846. The van der Waals surface area contributed by atoms with Crippen molar-refractivity contribution in [3.8, 4) is 0 Å². The van der Waals surface area contributed by atoms with Crippen molar-refractivity contribution in [3.63, 3.8) is 0 Å². The van der Waals surface area contributed by atoms with E-state index in [-0.39, 0.29) is 31.0 Å². The Morgan fingerprint density at radius 3 is 2.27 bits per heavy atom. The summed E-state index contributed by atoms with van der Waals surface area (Å²) in [5, 5.41) is 0.264. The molecule has 0 N–H and O–H groups in total. The Balaban J connectivity index is 3.08. The minimum atomic E-state index is -3.40. The van der Waals surface area contributed by atoms with Crippen molar-refractivity contribution in [3.05, 3.63) is 10.8 Å². The van der Waals surface area contributed by atoms with Crippen LogP contribution in [0.5, 0.6) is 0 Å². The Hall–Kier alpha value is -0.550. The normalized spacial score (nSPS) is 25.3. The number of rotatable bonds is 8. The summed E-state index contributed by atoms with van der Waals surface area (Å²) in [5.74, 6) is -0.934. The predicted octanol–water partition coefficient (Wildman–Crippen LogP) is 3.69. The summed E-state index contributed by atoms with van der Waals surface area (Å²) >= 11 is 6.21. The van der Waals surface area contributed by atoms with E-state index in [9.17, 15) is 9.36 Å². The van der Waals surface area contributed by atoms with E-state index in [1.165, 1.54) is 0 Å². The third-order valence-electron chi connectivity index (χ3n) is 3.27. The van der Waals surface area contributed by atoms with Crippen molar-refractivity contribution in [2.24, 2.45) is 5.92 Å². The molecule has 0 aromatic carbocycles. The maximum Gasteiger partial charge on any atom is 0.334 e. The monoisotopic (exact) mass is 354 g/mol. The fraction of sp³-hybridized carbons (Fsp3) is 0.786. The highest BCUT2D eigenvalue weighted by Gasteiger charge is 2.54. The first kappa shape index (κ1) is 19.5. The predicted molar refractivity (Wildman–Crippen MR) is 83.9 cm³/mol. The number of hydrogen-bond acceptors (Lipinski definition) is 6. The Kier molecular flexibility index (Phi) is 6.93. The molecule has 0 spiro atoms. The zero-order chi connectivity index (χ0) is 17.0. The van der Waals surface area contributed by atoms with Crippen molar-refractivity contribution in [2.75, 3.05) is 26.0 Å². The van der Waals surface area contributed by atoms with Gasteiger partial charge in [0.15, 0.2) is 0 Å². The second-order valence-corrected chi connectivity index (χ2v) is 7.57. The highest BCUT2D eigenvalue weighted by molar-refractivity contribution is 7.53. The quantitative estimate of drug-likeness (QED) is 0.489. The summed E-state index contributed by atoms with van der Waals surface area (Å²) in [7, 11) is -3.40. The van der Waals surface area contributed by atoms with Gasteiger partial charge in [0.1, 0.15) is 17.3 Å². The molecule has 0 bridgehead atoms. The summed E-state index contributed by atoms with van der Waals surface area (Å²) in [6, 6.07) is 0. The molecule has 0 radical (unpaired) electrons. The summed E-state index contributed by atoms with van der Waals surface area (Å²) in [4.78, 5) is 12.2. The average molecular weight is 355 g/mol. The van der Waals surface area contributed by atoms with Crippen molar-refractivity contribution < 1.29 is 27.9 Å². The van der Waals surface area contributed by atoms with E-state index in [4.69, 9.17) is 30.1 Å². The molecule has 22 heavy (non-hydrogen) atoms. The number of allylic oxidation sites excluding steroid dienone is 1. The SMILES string of the molecule is CCOC(=O)C1C(Cl)=C(C)OC1(C)CP(=O)(OCC)OCC. The molecule has 0 saturated heterocycles. The number of carbonyl (C=O) groups is 1. The van der Waals surface area contributed by atoms with Crippen molar-refractivity contribution in [1.82, 2.24) is 0 Å². The Morgan fingerprint density at radius 1 is 1.27 bits per heavy atom. The molecule has 2 atom stereocenters. The van der Waals surface area contributed by atoms with Gasteiger partial charge < -0.3 is 18.5 Å². The van der Waals surface area contributed by atoms with Gasteiger partial charge in [0.05, 0.1) is 31.0 Å². The number of carbonyl (C=O) groups excluding carboxylic acids is 1. The van der Waals surface area contributed by atoms with E-state index in [1.807, 2.05) is 0 Å². The molecule has 0 aromatic heterocycles. The molecule has 1 aliphatic rings. The molecule has 0 fully saturated rings. The van der Waals surface area contributed by atoms with Crippen LogP contribution in [-0.4, -0.2) is 37.6 Å². The van der Waals surface area contributed by atoms with Crippen LogP contribution in [0, 0.1) is 5.92 Å². The molecular weight excluding hydrogens is 331 g/mol. The average Bonchev–Trinajstić information content (AvgIpc) is 2.59. The second-order valence-electron chi connectivity index (χ2n) is 5.11. The lowest BCUT2D eigenvalue weighted by atomic mass is 9.92. The van der Waals surface area contributed by atoms with Crippen LogP contribution in [0.1, 0.15) is 34.6 Å². The number of ether oxygens (including phenoxy) is 2. The van der Waals surface area contributed by atoms with Gasteiger partial charge in [-0.25, -0.2) is 0 Å². The van der Waals surface area contributed by atoms with Gasteiger partial charge in [-0.2, -0.15) is 0 Å². The van der Waals surface area contributed by atoms with Crippen LogP contribution < -0.4 is 0 Å². The molecule has 6 nitrogen and oxygen atoms in total. The zero-order valence-electron chi connectivity index (χ0n) is 13.7. The molecule has 8 heteroatoms. The van der Waals surface area contributed by atoms with E-state index in [1.54, 1.807) is 34.6 Å². The number of halogens is 1. The molecule has 1 heterocycles. The fourth-order valence-electron chi connectivity index (χ4n) is 2.54. The molecule has 0 aliphatic carbocycles. The topological polar surface area (TPSA) is 71.1 Å².